The van der Waals surface area contributed by atoms with Crippen molar-refractivity contribution in [2.75, 3.05) is 0 Å². The lowest BCUT2D eigenvalue weighted by Crippen LogP contribution is -1.98. The third-order valence-electron chi connectivity index (χ3n) is 1.11. The first kappa shape index (κ1) is 5.17. The molecule has 0 aliphatic heterocycles. The van der Waals surface area contributed by atoms with Gasteiger partial charge in [-0.2, -0.15) is 0 Å². The number of hydrogen-bond acceptors (Lipinski definition) is 0. The minimum atomic E-state index is 0.366. The first-order chi connectivity index (χ1) is 3.39. The third-order valence-corrected chi connectivity index (χ3v) is 1.48. The molecule has 1 heteroatoms. The van der Waals surface area contributed by atoms with E-state index in [4.69, 9.17) is 11.6 Å². The van der Waals surface area contributed by atoms with Crippen molar-refractivity contribution in [3.8, 4) is 0 Å². The molecule has 0 nitrogen and oxygen atoms in total. The molecule has 0 fully saturated rings. The molecule has 1 atom stereocenters. The number of alkyl halides is 1. The zero-order valence-corrected chi connectivity index (χ0v) is 4.91. The van der Waals surface area contributed by atoms with Crippen molar-refractivity contribution in [2.45, 2.75) is 24.6 Å². The normalized spacial score (nSPS) is 30.7. The van der Waals surface area contributed by atoms with Crippen molar-refractivity contribution in [3.63, 3.8) is 0 Å². The summed E-state index contributed by atoms with van der Waals surface area (Å²) in [4.78, 5) is 0. The van der Waals surface area contributed by atoms with E-state index in [-0.39, 0.29) is 0 Å². The maximum absolute atomic E-state index is 5.73. The predicted octanol–water partition coefficient (Wildman–Crippen LogP) is 2.14. The lowest BCUT2D eigenvalue weighted by Gasteiger charge is -2.06. The number of hydrogen-bond donors (Lipinski definition) is 0. The Balaban J connectivity index is 2.32. The lowest BCUT2D eigenvalue weighted by atomic mass is 10.1. The summed E-state index contributed by atoms with van der Waals surface area (Å²) in [7, 11) is 0. The van der Waals surface area contributed by atoms with Gasteiger partial charge in [0, 0.05) is 5.38 Å². The Morgan fingerprint density at radius 2 is 2.57 bits per heavy atom. The van der Waals surface area contributed by atoms with Gasteiger partial charge in [0.15, 0.2) is 0 Å². The van der Waals surface area contributed by atoms with Crippen LogP contribution in [0.1, 0.15) is 19.3 Å². The van der Waals surface area contributed by atoms with Gasteiger partial charge in [-0.3, -0.25) is 0 Å². The first-order valence-electron chi connectivity index (χ1n) is 2.59. The highest BCUT2D eigenvalue weighted by Crippen LogP contribution is 2.14. The number of rotatable bonds is 0. The SMILES string of the molecule is ClC1C[C]=CCC1. The summed E-state index contributed by atoms with van der Waals surface area (Å²) in [5, 5.41) is 0.366. The second-order valence-electron chi connectivity index (χ2n) is 1.79. The molecule has 0 aromatic heterocycles. The van der Waals surface area contributed by atoms with E-state index in [0.717, 1.165) is 19.3 Å². The van der Waals surface area contributed by atoms with Crippen molar-refractivity contribution >= 4 is 11.6 Å². The molecule has 0 aromatic rings. The van der Waals surface area contributed by atoms with Crippen LogP contribution in [0.5, 0.6) is 0 Å². The van der Waals surface area contributed by atoms with E-state index in [1.165, 1.54) is 0 Å². The minimum Gasteiger partial charge on any atom is -0.123 e. The average Bonchev–Trinajstić information content (AvgIpc) is 1.69. The van der Waals surface area contributed by atoms with Crippen LogP contribution >= 0.6 is 11.6 Å². The molecule has 0 bridgehead atoms. The highest BCUT2D eigenvalue weighted by atomic mass is 35.5. The van der Waals surface area contributed by atoms with Crippen LogP contribution in [0.3, 0.4) is 0 Å². The van der Waals surface area contributed by atoms with Crippen LogP contribution < -0.4 is 0 Å². The topological polar surface area (TPSA) is 0 Å². The summed E-state index contributed by atoms with van der Waals surface area (Å²) < 4.78 is 0. The summed E-state index contributed by atoms with van der Waals surface area (Å²) in [5.41, 5.74) is 0. The fourth-order valence-electron chi connectivity index (χ4n) is 0.680. The van der Waals surface area contributed by atoms with Gasteiger partial charge in [0.05, 0.1) is 0 Å². The Labute approximate surface area is 49.2 Å². The Kier molecular flexibility index (Phi) is 1.75. The first-order valence-corrected chi connectivity index (χ1v) is 3.02. The van der Waals surface area contributed by atoms with Gasteiger partial charge >= 0.3 is 0 Å². The standard InChI is InChI=1S/C6H8Cl/c7-6-4-2-1-3-5-6/h1,6H,2,4-5H2. The van der Waals surface area contributed by atoms with Crippen LogP contribution in [0, 0.1) is 6.08 Å². The Bertz CT molecular complexity index is 76.2. The Morgan fingerprint density at radius 1 is 1.71 bits per heavy atom. The maximum Gasteiger partial charge on any atom is 0.0379 e. The molecular weight excluding hydrogens is 108 g/mol. The summed E-state index contributed by atoms with van der Waals surface area (Å²) in [5.74, 6) is 0. The van der Waals surface area contributed by atoms with Crippen molar-refractivity contribution in [1.29, 1.82) is 0 Å². The van der Waals surface area contributed by atoms with Crippen LogP contribution in [0.25, 0.3) is 0 Å². The van der Waals surface area contributed by atoms with Gasteiger partial charge in [0.25, 0.3) is 0 Å². The molecule has 0 spiro atoms. The van der Waals surface area contributed by atoms with E-state index in [1.807, 2.05) is 0 Å². The van der Waals surface area contributed by atoms with E-state index in [1.54, 1.807) is 0 Å². The highest BCUT2D eigenvalue weighted by Gasteiger charge is 2.03. The van der Waals surface area contributed by atoms with E-state index in [2.05, 4.69) is 12.2 Å². The zero-order chi connectivity index (χ0) is 5.11. The summed E-state index contributed by atoms with van der Waals surface area (Å²) >= 11 is 5.73. The van der Waals surface area contributed by atoms with Crippen molar-refractivity contribution < 1.29 is 0 Å². The van der Waals surface area contributed by atoms with Crippen molar-refractivity contribution in [2.24, 2.45) is 0 Å². The van der Waals surface area contributed by atoms with Crippen molar-refractivity contribution in [1.82, 2.24) is 0 Å². The summed E-state index contributed by atoms with van der Waals surface area (Å²) in [6, 6.07) is 0. The second kappa shape index (κ2) is 2.37. The molecule has 0 heterocycles. The average molecular weight is 116 g/mol. The fraction of sp³-hybridized carbons (Fsp3) is 0.667. The molecule has 0 saturated heterocycles. The predicted molar refractivity (Wildman–Crippen MR) is 31.3 cm³/mol. The molecule has 0 aromatic carbocycles. The molecule has 1 unspecified atom stereocenters. The van der Waals surface area contributed by atoms with Crippen LogP contribution in [0.15, 0.2) is 6.08 Å². The van der Waals surface area contributed by atoms with Gasteiger partial charge in [-0.1, -0.05) is 6.08 Å². The van der Waals surface area contributed by atoms with E-state index in [9.17, 15) is 0 Å². The van der Waals surface area contributed by atoms with Crippen LogP contribution in [-0.2, 0) is 0 Å². The molecule has 1 rings (SSSR count). The largest absolute Gasteiger partial charge is 0.123 e. The van der Waals surface area contributed by atoms with Gasteiger partial charge in [-0.05, 0) is 25.3 Å². The van der Waals surface area contributed by atoms with Gasteiger partial charge < -0.3 is 0 Å². The number of allylic oxidation sites excluding steroid dienone is 2. The Morgan fingerprint density at radius 3 is 2.86 bits per heavy atom. The lowest BCUT2D eigenvalue weighted by molar-refractivity contribution is 0.727. The monoisotopic (exact) mass is 115 g/mol. The smallest absolute Gasteiger partial charge is 0.0379 e. The summed E-state index contributed by atoms with van der Waals surface area (Å²) in [6.07, 6.45) is 8.34. The van der Waals surface area contributed by atoms with Crippen LogP contribution in [0.4, 0.5) is 0 Å². The molecule has 1 radical (unpaired) electrons. The van der Waals surface area contributed by atoms with E-state index < -0.39 is 0 Å². The quantitative estimate of drug-likeness (QED) is 0.425. The van der Waals surface area contributed by atoms with E-state index >= 15 is 0 Å². The fourth-order valence-corrected chi connectivity index (χ4v) is 0.895. The van der Waals surface area contributed by atoms with Gasteiger partial charge in [-0.15, -0.1) is 11.6 Å². The van der Waals surface area contributed by atoms with Crippen molar-refractivity contribution in [3.05, 3.63) is 12.2 Å². The molecule has 39 valence electrons. The minimum absolute atomic E-state index is 0.366. The molecule has 0 amide bonds. The third kappa shape index (κ3) is 1.52. The molecule has 0 N–H and O–H groups in total. The molecule has 1 aliphatic carbocycles. The molecule has 7 heavy (non-hydrogen) atoms. The summed E-state index contributed by atoms with van der Waals surface area (Å²) in [6.45, 7) is 0. The molecule has 0 saturated carbocycles. The maximum atomic E-state index is 5.73. The second-order valence-corrected chi connectivity index (χ2v) is 2.40. The van der Waals surface area contributed by atoms with Crippen LogP contribution in [-0.4, -0.2) is 5.38 Å². The highest BCUT2D eigenvalue weighted by molar-refractivity contribution is 6.20. The van der Waals surface area contributed by atoms with Gasteiger partial charge in [0.2, 0.25) is 0 Å². The Hall–Kier alpha value is 0.0300. The van der Waals surface area contributed by atoms with Gasteiger partial charge in [-0.25, -0.2) is 0 Å². The van der Waals surface area contributed by atoms with Gasteiger partial charge in [0.1, 0.15) is 0 Å². The molecule has 1 aliphatic rings. The van der Waals surface area contributed by atoms with Crippen LogP contribution in [0.2, 0.25) is 0 Å². The zero-order valence-electron chi connectivity index (χ0n) is 4.15. The molecular formula is C6H8Cl. The number of halogens is 1. The van der Waals surface area contributed by atoms with E-state index in [0.29, 0.717) is 5.38 Å².